The first-order chi connectivity index (χ1) is 9.89. The number of carbonyl (C=O) groups excluding carboxylic acids is 1. The molecule has 2 heterocycles. The van der Waals surface area contributed by atoms with Crippen molar-refractivity contribution in [2.45, 2.75) is 51.7 Å². The summed E-state index contributed by atoms with van der Waals surface area (Å²) in [7, 11) is 0. The maximum atomic E-state index is 12.2. The van der Waals surface area contributed by atoms with E-state index in [9.17, 15) is 4.79 Å². The normalized spacial score (nSPS) is 19.4. The van der Waals surface area contributed by atoms with Crippen molar-refractivity contribution < 1.29 is 9.53 Å². The van der Waals surface area contributed by atoms with Crippen molar-refractivity contribution >= 4 is 6.09 Å². The number of pyridine rings is 1. The van der Waals surface area contributed by atoms with E-state index in [1.165, 1.54) is 0 Å². The molecule has 1 unspecified atom stereocenters. The Morgan fingerprint density at radius 1 is 1.48 bits per heavy atom. The number of hydrogen-bond donors (Lipinski definition) is 1. The SMILES string of the molecule is CC(C)(C)OC(=O)N1CCCC(c2cncc(CN)c2)C1. The molecule has 1 fully saturated rings. The van der Waals surface area contributed by atoms with Gasteiger partial charge in [-0.1, -0.05) is 6.07 Å². The molecule has 5 heteroatoms. The van der Waals surface area contributed by atoms with Gasteiger partial charge in [-0.2, -0.15) is 0 Å². The van der Waals surface area contributed by atoms with Gasteiger partial charge in [-0.15, -0.1) is 0 Å². The first kappa shape index (κ1) is 15.8. The third-order valence-corrected chi connectivity index (χ3v) is 3.60. The van der Waals surface area contributed by atoms with Gasteiger partial charge in [0.15, 0.2) is 0 Å². The van der Waals surface area contributed by atoms with E-state index in [1.807, 2.05) is 27.0 Å². The lowest BCUT2D eigenvalue weighted by molar-refractivity contribution is 0.0198. The van der Waals surface area contributed by atoms with Crippen LogP contribution in [-0.2, 0) is 11.3 Å². The fourth-order valence-electron chi connectivity index (χ4n) is 2.58. The van der Waals surface area contributed by atoms with Crippen molar-refractivity contribution in [2.75, 3.05) is 13.1 Å². The highest BCUT2D eigenvalue weighted by Crippen LogP contribution is 2.27. The number of hydrogen-bond acceptors (Lipinski definition) is 4. The van der Waals surface area contributed by atoms with E-state index in [0.717, 1.165) is 30.5 Å². The van der Waals surface area contributed by atoms with Crippen LogP contribution in [0.3, 0.4) is 0 Å². The first-order valence-electron chi connectivity index (χ1n) is 7.51. The molecule has 1 aromatic rings. The maximum absolute atomic E-state index is 12.2. The largest absolute Gasteiger partial charge is 0.444 e. The minimum atomic E-state index is -0.453. The smallest absolute Gasteiger partial charge is 0.410 e. The Kier molecular flexibility index (Phi) is 4.83. The zero-order chi connectivity index (χ0) is 15.5. The van der Waals surface area contributed by atoms with Gasteiger partial charge < -0.3 is 15.4 Å². The number of ether oxygens (including phenoxy) is 1. The molecule has 1 atom stereocenters. The Morgan fingerprint density at radius 2 is 2.24 bits per heavy atom. The molecule has 1 aromatic heterocycles. The molecule has 0 aromatic carbocycles. The van der Waals surface area contributed by atoms with Gasteiger partial charge in [0, 0.05) is 37.9 Å². The summed E-state index contributed by atoms with van der Waals surface area (Å²) in [6, 6.07) is 2.09. The van der Waals surface area contributed by atoms with Crippen molar-refractivity contribution in [1.29, 1.82) is 0 Å². The number of aromatic nitrogens is 1. The summed E-state index contributed by atoms with van der Waals surface area (Å²) in [5.41, 5.74) is 7.40. The van der Waals surface area contributed by atoms with Crippen LogP contribution < -0.4 is 5.73 Å². The van der Waals surface area contributed by atoms with Gasteiger partial charge in [0.05, 0.1) is 0 Å². The average Bonchev–Trinajstić information content (AvgIpc) is 2.46. The predicted molar refractivity (Wildman–Crippen MR) is 81.9 cm³/mol. The summed E-state index contributed by atoms with van der Waals surface area (Å²) in [4.78, 5) is 18.2. The van der Waals surface area contributed by atoms with Crippen molar-refractivity contribution in [3.05, 3.63) is 29.6 Å². The van der Waals surface area contributed by atoms with Gasteiger partial charge in [0.25, 0.3) is 0 Å². The molecule has 2 rings (SSSR count). The van der Waals surface area contributed by atoms with Gasteiger partial charge in [-0.25, -0.2) is 4.79 Å². The number of rotatable bonds is 2. The van der Waals surface area contributed by atoms with E-state index in [2.05, 4.69) is 11.1 Å². The molecular weight excluding hydrogens is 266 g/mol. The van der Waals surface area contributed by atoms with Crippen molar-refractivity contribution in [3.63, 3.8) is 0 Å². The molecule has 0 aliphatic carbocycles. The van der Waals surface area contributed by atoms with Crippen LogP contribution in [0.15, 0.2) is 18.5 Å². The number of nitrogens with two attached hydrogens (primary N) is 1. The highest BCUT2D eigenvalue weighted by atomic mass is 16.6. The molecule has 0 radical (unpaired) electrons. The van der Waals surface area contributed by atoms with Crippen LogP contribution in [0, 0.1) is 0 Å². The van der Waals surface area contributed by atoms with Crippen LogP contribution in [0.25, 0.3) is 0 Å². The third kappa shape index (κ3) is 4.43. The predicted octanol–water partition coefficient (Wildman–Crippen LogP) is 2.65. The molecular formula is C16H25N3O2. The van der Waals surface area contributed by atoms with Gasteiger partial charge in [0.1, 0.15) is 5.60 Å². The number of amides is 1. The van der Waals surface area contributed by atoms with Crippen LogP contribution >= 0.6 is 0 Å². The van der Waals surface area contributed by atoms with Gasteiger partial charge in [-0.3, -0.25) is 4.98 Å². The fourth-order valence-corrected chi connectivity index (χ4v) is 2.58. The Labute approximate surface area is 126 Å². The van der Waals surface area contributed by atoms with Crippen LogP contribution in [0.5, 0.6) is 0 Å². The molecule has 0 saturated carbocycles. The number of likely N-dealkylation sites (tertiary alicyclic amines) is 1. The minimum Gasteiger partial charge on any atom is -0.444 e. The van der Waals surface area contributed by atoms with E-state index in [0.29, 0.717) is 19.0 Å². The van der Waals surface area contributed by atoms with Gasteiger partial charge >= 0.3 is 6.09 Å². The molecule has 5 nitrogen and oxygen atoms in total. The lowest BCUT2D eigenvalue weighted by Crippen LogP contribution is -2.42. The molecule has 2 N–H and O–H groups in total. The molecule has 21 heavy (non-hydrogen) atoms. The highest BCUT2D eigenvalue weighted by Gasteiger charge is 2.28. The third-order valence-electron chi connectivity index (χ3n) is 3.60. The van der Waals surface area contributed by atoms with Crippen LogP contribution in [0.2, 0.25) is 0 Å². The topological polar surface area (TPSA) is 68.5 Å². The molecule has 0 bridgehead atoms. The van der Waals surface area contributed by atoms with Crippen LogP contribution in [0.1, 0.15) is 50.7 Å². The quantitative estimate of drug-likeness (QED) is 0.909. The van der Waals surface area contributed by atoms with Crippen molar-refractivity contribution in [3.8, 4) is 0 Å². The Bertz CT molecular complexity index is 497. The summed E-state index contributed by atoms with van der Waals surface area (Å²) in [6.07, 6.45) is 5.49. The maximum Gasteiger partial charge on any atom is 0.410 e. The van der Waals surface area contributed by atoms with Crippen molar-refractivity contribution in [1.82, 2.24) is 9.88 Å². The van der Waals surface area contributed by atoms with Gasteiger partial charge in [-0.05, 0) is 44.7 Å². The standard InChI is InChI=1S/C16H25N3O2/c1-16(2,3)21-15(20)19-6-4-5-13(11-19)14-7-12(8-17)9-18-10-14/h7,9-10,13H,4-6,8,11,17H2,1-3H3. The number of nitrogens with zero attached hydrogens (tertiary/aromatic N) is 2. The number of carbonyl (C=O) groups is 1. The summed E-state index contributed by atoms with van der Waals surface area (Å²) in [5.74, 6) is 0.310. The average molecular weight is 291 g/mol. The highest BCUT2D eigenvalue weighted by molar-refractivity contribution is 5.68. The second-order valence-electron chi connectivity index (χ2n) is 6.60. The second kappa shape index (κ2) is 6.43. The summed E-state index contributed by atoms with van der Waals surface area (Å²) >= 11 is 0. The zero-order valence-corrected chi connectivity index (χ0v) is 13.1. The van der Waals surface area contributed by atoms with E-state index in [-0.39, 0.29) is 6.09 Å². The first-order valence-corrected chi connectivity index (χ1v) is 7.51. The van der Waals surface area contributed by atoms with Crippen LogP contribution in [-0.4, -0.2) is 34.7 Å². The van der Waals surface area contributed by atoms with E-state index in [4.69, 9.17) is 10.5 Å². The van der Waals surface area contributed by atoms with Gasteiger partial charge in [0.2, 0.25) is 0 Å². The van der Waals surface area contributed by atoms with E-state index >= 15 is 0 Å². The van der Waals surface area contributed by atoms with E-state index in [1.54, 1.807) is 11.1 Å². The number of piperidine rings is 1. The molecule has 1 aliphatic heterocycles. The van der Waals surface area contributed by atoms with Crippen LogP contribution in [0.4, 0.5) is 4.79 Å². The minimum absolute atomic E-state index is 0.227. The molecule has 0 spiro atoms. The summed E-state index contributed by atoms with van der Waals surface area (Å²) < 4.78 is 5.46. The Morgan fingerprint density at radius 3 is 2.90 bits per heavy atom. The molecule has 116 valence electrons. The van der Waals surface area contributed by atoms with E-state index < -0.39 is 5.60 Å². The lowest BCUT2D eigenvalue weighted by Gasteiger charge is -2.34. The second-order valence-corrected chi connectivity index (χ2v) is 6.60. The molecule has 1 amide bonds. The zero-order valence-electron chi connectivity index (χ0n) is 13.1. The lowest BCUT2D eigenvalue weighted by atomic mass is 9.91. The Balaban J connectivity index is 2.04. The fraction of sp³-hybridized carbons (Fsp3) is 0.625. The van der Waals surface area contributed by atoms with Crippen molar-refractivity contribution in [2.24, 2.45) is 5.73 Å². The summed E-state index contributed by atoms with van der Waals surface area (Å²) in [6.45, 7) is 7.60. The molecule has 1 aliphatic rings. The summed E-state index contributed by atoms with van der Waals surface area (Å²) in [5, 5.41) is 0. The monoisotopic (exact) mass is 291 g/mol. The Hall–Kier alpha value is -1.62. The molecule has 1 saturated heterocycles.